The van der Waals surface area contributed by atoms with Gasteiger partial charge in [0.1, 0.15) is 11.9 Å². The molecule has 0 saturated heterocycles. The number of primary amides is 1. The van der Waals surface area contributed by atoms with E-state index in [0.717, 1.165) is 6.07 Å². The minimum absolute atomic E-state index is 0.122. The molecule has 0 fully saturated rings. The van der Waals surface area contributed by atoms with Crippen molar-refractivity contribution >= 4 is 11.6 Å². The fraction of sp³-hybridized carbons (Fsp3) is 0.125. The molecule has 2 aromatic heterocycles. The fourth-order valence-electron chi connectivity index (χ4n) is 2.37. The Morgan fingerprint density at radius 2 is 1.90 bits per heavy atom. The minimum Gasteiger partial charge on any atom is -0.497 e. The van der Waals surface area contributed by atoms with Crippen molar-refractivity contribution in [3.05, 3.63) is 58.0 Å². The molecular weight excluding hydrogens is 397 g/mol. The molecule has 0 aliphatic heterocycles. The number of hydrogen-bond acceptors (Lipinski definition) is 7. The van der Waals surface area contributed by atoms with E-state index >= 15 is 0 Å². The predicted molar refractivity (Wildman–Crippen MR) is 91.3 cm³/mol. The SMILES string of the molecule is COc1ccc(-c2cc(C(F)(F)F)nc(-n3cc([N+](=O)[O-])c(C(N)=O)n3)n2)cc1. The van der Waals surface area contributed by atoms with Crippen LogP contribution in [0.25, 0.3) is 17.2 Å². The van der Waals surface area contributed by atoms with Gasteiger partial charge in [0.2, 0.25) is 5.69 Å². The molecule has 3 rings (SSSR count). The van der Waals surface area contributed by atoms with E-state index in [0.29, 0.717) is 22.2 Å². The lowest BCUT2D eigenvalue weighted by atomic mass is 10.1. The van der Waals surface area contributed by atoms with Crippen molar-refractivity contribution < 1.29 is 27.6 Å². The number of benzene rings is 1. The first kappa shape index (κ1) is 19.7. The highest BCUT2D eigenvalue weighted by Crippen LogP contribution is 2.31. The van der Waals surface area contributed by atoms with Crippen LogP contribution in [-0.4, -0.2) is 37.7 Å². The van der Waals surface area contributed by atoms with Crippen LogP contribution in [0.15, 0.2) is 36.5 Å². The van der Waals surface area contributed by atoms with E-state index in [9.17, 15) is 28.1 Å². The molecule has 29 heavy (non-hydrogen) atoms. The van der Waals surface area contributed by atoms with Crippen molar-refractivity contribution in [2.75, 3.05) is 7.11 Å². The second kappa shape index (κ2) is 7.18. The van der Waals surface area contributed by atoms with Gasteiger partial charge in [-0.05, 0) is 30.3 Å². The zero-order chi connectivity index (χ0) is 21.3. The Morgan fingerprint density at radius 1 is 1.24 bits per heavy atom. The van der Waals surface area contributed by atoms with Gasteiger partial charge in [-0.2, -0.15) is 23.0 Å². The number of nitrogens with zero attached hydrogens (tertiary/aromatic N) is 5. The van der Waals surface area contributed by atoms with E-state index in [1.165, 1.54) is 31.4 Å². The summed E-state index contributed by atoms with van der Waals surface area (Å²) in [7, 11) is 1.43. The summed E-state index contributed by atoms with van der Waals surface area (Å²) >= 11 is 0. The van der Waals surface area contributed by atoms with Crippen LogP contribution in [0, 0.1) is 10.1 Å². The van der Waals surface area contributed by atoms with E-state index in [1.807, 2.05) is 0 Å². The summed E-state index contributed by atoms with van der Waals surface area (Å²) in [6.45, 7) is 0. The average Bonchev–Trinajstić information content (AvgIpc) is 3.13. The highest BCUT2D eigenvalue weighted by atomic mass is 19.4. The largest absolute Gasteiger partial charge is 0.497 e. The normalized spacial score (nSPS) is 11.3. The maximum absolute atomic E-state index is 13.3. The minimum atomic E-state index is -4.83. The zero-order valence-electron chi connectivity index (χ0n) is 14.5. The van der Waals surface area contributed by atoms with Gasteiger partial charge in [0.25, 0.3) is 11.9 Å². The Labute approximate surface area is 159 Å². The molecule has 1 amide bonds. The third-order valence-electron chi connectivity index (χ3n) is 3.72. The van der Waals surface area contributed by atoms with Crippen LogP contribution in [0.4, 0.5) is 18.9 Å². The lowest BCUT2D eigenvalue weighted by molar-refractivity contribution is -0.385. The van der Waals surface area contributed by atoms with E-state index in [2.05, 4.69) is 15.1 Å². The maximum Gasteiger partial charge on any atom is 0.433 e. The number of ether oxygens (including phenoxy) is 1. The summed E-state index contributed by atoms with van der Waals surface area (Å²) in [5, 5.41) is 14.6. The molecule has 0 aliphatic rings. The lowest BCUT2D eigenvalue weighted by Crippen LogP contribution is -2.15. The van der Waals surface area contributed by atoms with E-state index in [4.69, 9.17) is 10.5 Å². The van der Waals surface area contributed by atoms with E-state index < -0.39 is 40.0 Å². The molecule has 0 aliphatic carbocycles. The average molecular weight is 408 g/mol. The van der Waals surface area contributed by atoms with Gasteiger partial charge in [0.15, 0.2) is 5.69 Å². The number of nitro groups is 1. The van der Waals surface area contributed by atoms with Gasteiger partial charge in [-0.3, -0.25) is 14.9 Å². The van der Waals surface area contributed by atoms with Gasteiger partial charge in [-0.25, -0.2) is 9.97 Å². The quantitative estimate of drug-likeness (QED) is 0.505. The molecule has 10 nitrogen and oxygen atoms in total. The van der Waals surface area contributed by atoms with Crippen LogP contribution in [0.1, 0.15) is 16.2 Å². The van der Waals surface area contributed by atoms with Crippen LogP contribution < -0.4 is 10.5 Å². The predicted octanol–water partition coefficient (Wildman–Crippen LogP) is 2.36. The molecule has 2 heterocycles. The van der Waals surface area contributed by atoms with Crippen LogP contribution in [0.3, 0.4) is 0 Å². The van der Waals surface area contributed by atoms with Gasteiger partial charge in [0, 0.05) is 5.56 Å². The van der Waals surface area contributed by atoms with Gasteiger partial charge in [-0.15, -0.1) is 0 Å². The Kier molecular flexibility index (Phi) is 4.88. The van der Waals surface area contributed by atoms with Gasteiger partial charge in [-0.1, -0.05) is 0 Å². The summed E-state index contributed by atoms with van der Waals surface area (Å²) in [5.74, 6) is -1.37. The van der Waals surface area contributed by atoms with Crippen LogP contribution >= 0.6 is 0 Å². The van der Waals surface area contributed by atoms with Crippen molar-refractivity contribution in [1.82, 2.24) is 19.7 Å². The molecule has 0 unspecified atom stereocenters. The number of nitrogens with two attached hydrogens (primary N) is 1. The molecule has 13 heteroatoms. The summed E-state index contributed by atoms with van der Waals surface area (Å²) < 4.78 is 45.6. The van der Waals surface area contributed by atoms with Crippen molar-refractivity contribution in [3.63, 3.8) is 0 Å². The zero-order valence-corrected chi connectivity index (χ0v) is 14.5. The fourth-order valence-corrected chi connectivity index (χ4v) is 2.37. The second-order valence-electron chi connectivity index (χ2n) is 5.59. The number of methoxy groups -OCH3 is 1. The first-order chi connectivity index (χ1) is 13.6. The molecule has 0 bridgehead atoms. The first-order valence-corrected chi connectivity index (χ1v) is 7.75. The summed E-state index contributed by atoms with van der Waals surface area (Å²) in [5.41, 5.74) is 2.40. The number of amides is 1. The molecular formula is C16H11F3N6O4. The summed E-state index contributed by atoms with van der Waals surface area (Å²) in [4.78, 5) is 28.8. The van der Waals surface area contributed by atoms with E-state index in [-0.39, 0.29) is 5.69 Å². The first-order valence-electron chi connectivity index (χ1n) is 7.75. The van der Waals surface area contributed by atoms with Crippen molar-refractivity contribution in [1.29, 1.82) is 0 Å². The van der Waals surface area contributed by atoms with Crippen LogP contribution in [0.5, 0.6) is 5.75 Å². The molecule has 1 aromatic carbocycles. The van der Waals surface area contributed by atoms with Crippen LogP contribution in [0.2, 0.25) is 0 Å². The third-order valence-corrected chi connectivity index (χ3v) is 3.72. The topological polar surface area (TPSA) is 139 Å². The maximum atomic E-state index is 13.3. The van der Waals surface area contributed by atoms with Gasteiger partial charge >= 0.3 is 11.9 Å². The monoisotopic (exact) mass is 408 g/mol. The Balaban J connectivity index is 2.20. The van der Waals surface area contributed by atoms with Gasteiger partial charge in [0.05, 0.1) is 17.7 Å². The van der Waals surface area contributed by atoms with E-state index in [1.54, 1.807) is 0 Å². The number of carbonyl (C=O) groups is 1. The highest BCUT2D eigenvalue weighted by Gasteiger charge is 2.34. The van der Waals surface area contributed by atoms with Gasteiger partial charge < -0.3 is 10.5 Å². The van der Waals surface area contributed by atoms with Crippen molar-refractivity contribution in [3.8, 4) is 23.0 Å². The molecule has 3 aromatic rings. The van der Waals surface area contributed by atoms with Crippen LogP contribution in [-0.2, 0) is 6.18 Å². The lowest BCUT2D eigenvalue weighted by Gasteiger charge is -2.10. The molecule has 2 N–H and O–H groups in total. The third kappa shape index (κ3) is 3.97. The molecule has 150 valence electrons. The number of rotatable bonds is 5. The molecule has 0 spiro atoms. The molecule has 0 atom stereocenters. The summed E-state index contributed by atoms with van der Waals surface area (Å²) in [6, 6.07) is 6.72. The van der Waals surface area contributed by atoms with Crippen molar-refractivity contribution in [2.45, 2.75) is 6.18 Å². The number of halogens is 3. The smallest absolute Gasteiger partial charge is 0.433 e. The highest BCUT2D eigenvalue weighted by molar-refractivity contribution is 5.94. The number of carbonyl (C=O) groups excluding carboxylic acids is 1. The Hall–Kier alpha value is -4.03. The molecule has 0 radical (unpaired) electrons. The van der Waals surface area contributed by atoms with Crippen molar-refractivity contribution in [2.24, 2.45) is 5.73 Å². The number of alkyl halides is 3. The molecule has 0 saturated carbocycles. The number of aromatic nitrogens is 4. The summed E-state index contributed by atoms with van der Waals surface area (Å²) in [6.07, 6.45) is -4.11. The number of hydrogen-bond donors (Lipinski definition) is 1. The Bertz CT molecular complexity index is 1060. The Morgan fingerprint density at radius 3 is 2.38 bits per heavy atom. The standard InChI is InChI=1S/C16H11F3N6O4/c1-29-9-4-2-8(3-5-9)10-6-12(16(17,18)19)22-15(21-10)24-7-11(25(27)28)13(23-24)14(20)26/h2-7H,1H3,(H2,20,26). The second-order valence-corrected chi connectivity index (χ2v) is 5.59.